The molecule has 0 bridgehead atoms. The SMILES string of the molecule is CCCCC/C=C\CCCCCCCC(=O)OCC(COC(=O)CCCCCCCCCCCCCCCCCCCCCCCCCC)OC(=O)CCCCCCCCCCCCC/C=C\C/C=C\CCCCCCC. The minimum atomic E-state index is -0.775. The quantitative estimate of drug-likeness (QED) is 0.0261. The Bertz CT molecular complexity index is 1290. The topological polar surface area (TPSA) is 78.9 Å². The monoisotopic (exact) mass is 1080 g/mol. The number of allylic oxidation sites excluding steroid dienone is 6. The number of hydrogen-bond acceptors (Lipinski definition) is 6. The predicted molar refractivity (Wildman–Crippen MR) is 335 cm³/mol. The van der Waals surface area contributed by atoms with Gasteiger partial charge in [0.25, 0.3) is 0 Å². The number of ether oxygens (including phenoxy) is 3. The van der Waals surface area contributed by atoms with E-state index in [1.165, 1.54) is 270 Å². The lowest BCUT2D eigenvalue weighted by Gasteiger charge is -2.18. The third-order valence-corrected chi connectivity index (χ3v) is 15.6. The highest BCUT2D eigenvalue weighted by molar-refractivity contribution is 5.71. The van der Waals surface area contributed by atoms with E-state index < -0.39 is 6.10 Å². The molecule has 0 N–H and O–H groups in total. The van der Waals surface area contributed by atoms with Gasteiger partial charge in [-0.05, 0) is 77.0 Å². The van der Waals surface area contributed by atoms with E-state index in [1.807, 2.05) is 0 Å². The molecule has 0 amide bonds. The van der Waals surface area contributed by atoms with Crippen molar-refractivity contribution in [1.29, 1.82) is 0 Å². The second kappa shape index (κ2) is 66.1. The Morgan fingerprint density at radius 3 is 0.753 bits per heavy atom. The third-order valence-electron chi connectivity index (χ3n) is 15.6. The van der Waals surface area contributed by atoms with E-state index in [0.717, 1.165) is 70.6 Å². The molecule has 1 atom stereocenters. The molecule has 0 aliphatic heterocycles. The summed E-state index contributed by atoms with van der Waals surface area (Å²) in [7, 11) is 0. The second-order valence-electron chi connectivity index (χ2n) is 23.4. The van der Waals surface area contributed by atoms with Crippen LogP contribution in [0.2, 0.25) is 0 Å². The molecule has 77 heavy (non-hydrogen) atoms. The maximum atomic E-state index is 12.9. The molecular formula is C71H132O6. The Morgan fingerprint density at radius 1 is 0.260 bits per heavy atom. The van der Waals surface area contributed by atoms with Gasteiger partial charge in [-0.25, -0.2) is 0 Å². The molecule has 0 heterocycles. The Kier molecular flexibility index (Phi) is 64.1. The van der Waals surface area contributed by atoms with E-state index in [0.29, 0.717) is 19.3 Å². The zero-order valence-corrected chi connectivity index (χ0v) is 52.0. The molecule has 0 fully saturated rings. The smallest absolute Gasteiger partial charge is 0.306 e. The molecule has 0 saturated carbocycles. The molecule has 0 radical (unpaired) electrons. The van der Waals surface area contributed by atoms with Gasteiger partial charge in [-0.15, -0.1) is 0 Å². The summed E-state index contributed by atoms with van der Waals surface area (Å²) in [5.41, 5.74) is 0. The summed E-state index contributed by atoms with van der Waals surface area (Å²) in [4.78, 5) is 38.4. The van der Waals surface area contributed by atoms with Crippen molar-refractivity contribution in [3.8, 4) is 0 Å². The number of esters is 3. The van der Waals surface area contributed by atoms with Crippen LogP contribution in [0.1, 0.15) is 380 Å². The Labute approximate surface area is 480 Å². The maximum Gasteiger partial charge on any atom is 0.306 e. The zero-order valence-electron chi connectivity index (χ0n) is 52.0. The number of carbonyl (C=O) groups excluding carboxylic acids is 3. The second-order valence-corrected chi connectivity index (χ2v) is 23.4. The molecule has 0 spiro atoms. The molecule has 0 aromatic heterocycles. The van der Waals surface area contributed by atoms with Gasteiger partial charge < -0.3 is 14.2 Å². The summed E-state index contributed by atoms with van der Waals surface area (Å²) >= 11 is 0. The van der Waals surface area contributed by atoms with E-state index in [2.05, 4.69) is 57.2 Å². The van der Waals surface area contributed by atoms with Crippen LogP contribution in [-0.2, 0) is 28.6 Å². The van der Waals surface area contributed by atoms with Crippen molar-refractivity contribution in [1.82, 2.24) is 0 Å². The summed E-state index contributed by atoms with van der Waals surface area (Å²) in [5.74, 6) is -0.856. The van der Waals surface area contributed by atoms with Crippen molar-refractivity contribution in [2.45, 2.75) is 386 Å². The van der Waals surface area contributed by atoms with Crippen molar-refractivity contribution in [3.63, 3.8) is 0 Å². The van der Waals surface area contributed by atoms with Gasteiger partial charge in [0.1, 0.15) is 13.2 Å². The molecule has 1 unspecified atom stereocenters. The molecule has 452 valence electrons. The van der Waals surface area contributed by atoms with Gasteiger partial charge >= 0.3 is 17.9 Å². The average Bonchev–Trinajstić information content (AvgIpc) is 3.43. The van der Waals surface area contributed by atoms with E-state index in [9.17, 15) is 14.4 Å². The largest absolute Gasteiger partial charge is 0.462 e. The van der Waals surface area contributed by atoms with Gasteiger partial charge in [0, 0.05) is 19.3 Å². The summed E-state index contributed by atoms with van der Waals surface area (Å²) in [5, 5.41) is 0. The summed E-state index contributed by atoms with van der Waals surface area (Å²) < 4.78 is 17.0. The maximum absolute atomic E-state index is 12.9. The number of hydrogen-bond donors (Lipinski definition) is 0. The van der Waals surface area contributed by atoms with Crippen LogP contribution >= 0.6 is 0 Å². The van der Waals surface area contributed by atoms with Gasteiger partial charge in [-0.3, -0.25) is 14.4 Å². The highest BCUT2D eigenvalue weighted by atomic mass is 16.6. The number of carbonyl (C=O) groups is 3. The molecular weight excluding hydrogens is 949 g/mol. The normalized spacial score (nSPS) is 12.2. The van der Waals surface area contributed by atoms with E-state index in [-0.39, 0.29) is 31.1 Å². The van der Waals surface area contributed by atoms with Crippen molar-refractivity contribution in [3.05, 3.63) is 36.5 Å². The molecule has 0 saturated heterocycles. The predicted octanol–water partition coefficient (Wildman–Crippen LogP) is 23.6. The van der Waals surface area contributed by atoms with Crippen molar-refractivity contribution in [2.24, 2.45) is 0 Å². The van der Waals surface area contributed by atoms with Crippen LogP contribution in [0.3, 0.4) is 0 Å². The van der Waals surface area contributed by atoms with Crippen LogP contribution in [0.4, 0.5) is 0 Å². The molecule has 0 rings (SSSR count). The highest BCUT2D eigenvalue weighted by Crippen LogP contribution is 2.18. The number of rotatable bonds is 64. The first-order chi connectivity index (χ1) is 38.0. The lowest BCUT2D eigenvalue weighted by Crippen LogP contribution is -2.30. The molecule has 6 nitrogen and oxygen atoms in total. The zero-order chi connectivity index (χ0) is 55.7. The van der Waals surface area contributed by atoms with Crippen LogP contribution in [0.5, 0.6) is 0 Å². The first kappa shape index (κ1) is 74.6. The molecule has 0 aromatic carbocycles. The minimum absolute atomic E-state index is 0.0709. The summed E-state index contributed by atoms with van der Waals surface area (Å²) in [6, 6.07) is 0. The average molecular weight is 1080 g/mol. The third kappa shape index (κ3) is 64.3. The Hall–Kier alpha value is -2.37. The standard InChI is InChI=1S/C71H132O6/c1-4-7-10-13-16-19-22-25-27-29-31-33-35-37-38-40-42-44-46-49-52-55-58-61-64-70(73)76-67-68(66-75-69(72)63-60-57-54-51-48-24-21-18-15-12-9-6-3)77-71(74)65-62-59-56-53-50-47-45-43-41-39-36-34-32-30-28-26-23-20-17-14-11-8-5-2/h18,21,23,26,30,32,68H,4-17,19-20,22,24-25,27-29,31,33-67H2,1-3H3/b21-18-,26-23-,32-30-. The van der Waals surface area contributed by atoms with E-state index >= 15 is 0 Å². The fourth-order valence-corrected chi connectivity index (χ4v) is 10.4. The Balaban J connectivity index is 4.22. The van der Waals surface area contributed by atoms with Crippen LogP contribution in [0.15, 0.2) is 36.5 Å². The highest BCUT2D eigenvalue weighted by Gasteiger charge is 2.19. The van der Waals surface area contributed by atoms with Crippen LogP contribution in [0, 0.1) is 0 Å². The Morgan fingerprint density at radius 2 is 0.468 bits per heavy atom. The van der Waals surface area contributed by atoms with Crippen molar-refractivity contribution in [2.75, 3.05) is 13.2 Å². The van der Waals surface area contributed by atoms with Crippen LogP contribution < -0.4 is 0 Å². The van der Waals surface area contributed by atoms with E-state index in [4.69, 9.17) is 14.2 Å². The molecule has 6 heteroatoms. The lowest BCUT2D eigenvalue weighted by atomic mass is 10.0. The molecule has 0 aromatic rings. The van der Waals surface area contributed by atoms with Crippen molar-refractivity contribution >= 4 is 17.9 Å². The first-order valence-electron chi connectivity index (χ1n) is 34.5. The van der Waals surface area contributed by atoms with E-state index in [1.54, 1.807) is 0 Å². The number of unbranched alkanes of at least 4 members (excludes halogenated alkanes) is 47. The fourth-order valence-electron chi connectivity index (χ4n) is 10.4. The first-order valence-corrected chi connectivity index (χ1v) is 34.5. The fraction of sp³-hybridized carbons (Fsp3) is 0.873. The molecule has 0 aliphatic carbocycles. The summed E-state index contributed by atoms with van der Waals surface area (Å²) in [6.07, 6.45) is 81.7. The van der Waals surface area contributed by atoms with Crippen LogP contribution in [0.25, 0.3) is 0 Å². The lowest BCUT2D eigenvalue weighted by molar-refractivity contribution is -0.167. The van der Waals surface area contributed by atoms with Gasteiger partial charge in [0.05, 0.1) is 0 Å². The van der Waals surface area contributed by atoms with Gasteiger partial charge in [0.15, 0.2) is 6.10 Å². The van der Waals surface area contributed by atoms with Crippen LogP contribution in [-0.4, -0.2) is 37.2 Å². The minimum Gasteiger partial charge on any atom is -0.462 e. The summed E-state index contributed by atoms with van der Waals surface area (Å²) in [6.45, 7) is 6.67. The van der Waals surface area contributed by atoms with Gasteiger partial charge in [0.2, 0.25) is 0 Å². The molecule has 0 aliphatic rings. The van der Waals surface area contributed by atoms with Gasteiger partial charge in [-0.2, -0.15) is 0 Å². The van der Waals surface area contributed by atoms with Crippen molar-refractivity contribution < 1.29 is 28.6 Å². The van der Waals surface area contributed by atoms with Gasteiger partial charge in [-0.1, -0.05) is 320 Å².